The first-order valence-electron chi connectivity index (χ1n) is 11.9. The number of anilines is 1. The summed E-state index contributed by atoms with van der Waals surface area (Å²) in [5, 5.41) is 9.67. The number of benzene rings is 1. The van der Waals surface area contributed by atoms with Crippen LogP contribution in [-0.4, -0.2) is 62.3 Å². The maximum Gasteiger partial charge on any atom is 0.412 e. The zero-order chi connectivity index (χ0) is 23.6. The lowest BCUT2D eigenvalue weighted by atomic mass is 9.97. The lowest BCUT2D eigenvalue weighted by Gasteiger charge is -2.34. The minimum absolute atomic E-state index is 0.438. The van der Waals surface area contributed by atoms with Gasteiger partial charge in [-0.3, -0.25) is 10.3 Å². The van der Waals surface area contributed by atoms with Crippen LogP contribution in [0.15, 0.2) is 29.3 Å². The highest BCUT2D eigenvalue weighted by Gasteiger charge is 2.20. The Hall–Kier alpha value is -2.28. The Balaban J connectivity index is 1.70. The summed E-state index contributed by atoms with van der Waals surface area (Å²) in [6.07, 6.45) is 3.00. The molecule has 1 unspecified atom stereocenters. The van der Waals surface area contributed by atoms with E-state index < -0.39 is 11.7 Å². The molecule has 7 heteroatoms. The van der Waals surface area contributed by atoms with E-state index in [9.17, 15) is 4.79 Å². The molecule has 1 amide bonds. The number of guanidine groups is 1. The quantitative estimate of drug-likeness (QED) is 0.415. The van der Waals surface area contributed by atoms with Crippen LogP contribution in [0.4, 0.5) is 10.5 Å². The van der Waals surface area contributed by atoms with Crippen molar-refractivity contribution in [3.8, 4) is 0 Å². The van der Waals surface area contributed by atoms with E-state index in [-0.39, 0.29) is 0 Å². The van der Waals surface area contributed by atoms with Gasteiger partial charge in [-0.2, -0.15) is 0 Å². The number of ether oxygens (including phenoxy) is 1. The molecule has 0 spiro atoms. The van der Waals surface area contributed by atoms with Crippen molar-refractivity contribution in [3.63, 3.8) is 0 Å². The van der Waals surface area contributed by atoms with Crippen LogP contribution < -0.4 is 16.0 Å². The van der Waals surface area contributed by atoms with Crippen LogP contribution in [0.5, 0.6) is 0 Å². The number of carbonyl (C=O) groups is 1. The van der Waals surface area contributed by atoms with Crippen molar-refractivity contribution in [2.24, 2.45) is 16.8 Å². The van der Waals surface area contributed by atoms with Gasteiger partial charge in [-0.25, -0.2) is 4.79 Å². The standard InChI is InChI=1S/C25H43N5O2/c1-19(2)17-30-15-7-8-21(18-30)16-28-23(26-6)27-14-13-20-9-11-22(12-10-20)29-24(31)32-25(3,4)5/h9-12,19,21H,7-8,13-18H2,1-6H3,(H,29,31)(H2,26,27,28). The predicted octanol–water partition coefficient (Wildman–Crippen LogP) is 4.11. The first kappa shape index (κ1) is 26.0. The number of hydrogen-bond acceptors (Lipinski definition) is 4. The van der Waals surface area contributed by atoms with Crippen molar-refractivity contribution in [1.82, 2.24) is 15.5 Å². The summed E-state index contributed by atoms with van der Waals surface area (Å²) in [5.74, 6) is 2.25. The van der Waals surface area contributed by atoms with Crippen molar-refractivity contribution < 1.29 is 9.53 Å². The minimum atomic E-state index is -0.507. The fourth-order valence-electron chi connectivity index (χ4n) is 3.96. The van der Waals surface area contributed by atoms with Gasteiger partial charge in [0.2, 0.25) is 0 Å². The Bertz CT molecular complexity index is 725. The van der Waals surface area contributed by atoms with Crippen LogP contribution in [-0.2, 0) is 11.2 Å². The number of amides is 1. The normalized spacial score (nSPS) is 17.8. The van der Waals surface area contributed by atoms with Crippen LogP contribution in [0.2, 0.25) is 0 Å². The van der Waals surface area contributed by atoms with Crippen LogP contribution in [0.1, 0.15) is 53.0 Å². The second kappa shape index (κ2) is 12.7. The van der Waals surface area contributed by atoms with Crippen LogP contribution >= 0.6 is 0 Å². The molecule has 7 nitrogen and oxygen atoms in total. The van der Waals surface area contributed by atoms with Gasteiger partial charge < -0.3 is 20.3 Å². The molecule has 180 valence electrons. The summed E-state index contributed by atoms with van der Waals surface area (Å²) in [4.78, 5) is 18.8. The molecule has 1 heterocycles. The van der Waals surface area contributed by atoms with Gasteiger partial charge in [0.15, 0.2) is 5.96 Å². The van der Waals surface area contributed by atoms with Crippen LogP contribution in [0, 0.1) is 11.8 Å². The third-order valence-electron chi connectivity index (χ3n) is 5.31. The van der Waals surface area contributed by atoms with E-state index >= 15 is 0 Å². The monoisotopic (exact) mass is 445 g/mol. The number of likely N-dealkylation sites (tertiary alicyclic amines) is 1. The van der Waals surface area contributed by atoms with Crippen LogP contribution in [0.3, 0.4) is 0 Å². The molecule has 0 aliphatic carbocycles. The molecule has 1 aromatic carbocycles. The first-order valence-corrected chi connectivity index (χ1v) is 11.9. The van der Waals surface area contributed by atoms with Gasteiger partial charge in [-0.05, 0) is 76.1 Å². The van der Waals surface area contributed by atoms with Gasteiger partial charge in [0.25, 0.3) is 0 Å². The highest BCUT2D eigenvalue weighted by Crippen LogP contribution is 2.17. The number of hydrogen-bond donors (Lipinski definition) is 3. The molecule has 3 N–H and O–H groups in total. The molecule has 0 bridgehead atoms. The van der Waals surface area contributed by atoms with E-state index in [0.717, 1.165) is 37.1 Å². The molecule has 1 aromatic rings. The third-order valence-corrected chi connectivity index (χ3v) is 5.31. The van der Waals surface area contributed by atoms with Gasteiger partial charge in [0.05, 0.1) is 0 Å². The Morgan fingerprint density at radius 1 is 1.22 bits per heavy atom. The van der Waals surface area contributed by atoms with E-state index in [4.69, 9.17) is 4.74 Å². The molecule has 0 radical (unpaired) electrons. The smallest absolute Gasteiger partial charge is 0.412 e. The molecule has 2 rings (SSSR count). The summed E-state index contributed by atoms with van der Waals surface area (Å²) < 4.78 is 5.28. The average Bonchev–Trinajstić information content (AvgIpc) is 2.70. The SMILES string of the molecule is CN=C(NCCc1ccc(NC(=O)OC(C)(C)C)cc1)NCC1CCCN(CC(C)C)C1. The van der Waals surface area contributed by atoms with Crippen molar-refractivity contribution in [1.29, 1.82) is 0 Å². The third kappa shape index (κ3) is 10.4. The lowest BCUT2D eigenvalue weighted by Crippen LogP contribution is -2.45. The molecule has 1 atom stereocenters. The summed E-state index contributed by atoms with van der Waals surface area (Å²) in [6, 6.07) is 7.85. The van der Waals surface area contributed by atoms with E-state index in [1.54, 1.807) is 0 Å². The predicted molar refractivity (Wildman–Crippen MR) is 133 cm³/mol. The molecule has 32 heavy (non-hydrogen) atoms. The van der Waals surface area contributed by atoms with Crippen molar-refractivity contribution in [2.75, 3.05) is 45.1 Å². The molecule has 1 fully saturated rings. The van der Waals surface area contributed by atoms with E-state index in [2.05, 4.69) is 39.7 Å². The van der Waals surface area contributed by atoms with Gasteiger partial charge in [0.1, 0.15) is 5.60 Å². The van der Waals surface area contributed by atoms with Gasteiger partial charge >= 0.3 is 6.09 Å². The fraction of sp³-hybridized carbons (Fsp3) is 0.680. The summed E-state index contributed by atoms with van der Waals surface area (Å²) in [7, 11) is 1.82. The number of piperidine rings is 1. The topological polar surface area (TPSA) is 78.0 Å². The first-order chi connectivity index (χ1) is 15.1. The van der Waals surface area contributed by atoms with Gasteiger partial charge in [0, 0.05) is 38.9 Å². The maximum absolute atomic E-state index is 11.9. The second-order valence-corrected chi connectivity index (χ2v) is 10.1. The fourth-order valence-corrected chi connectivity index (χ4v) is 3.96. The highest BCUT2D eigenvalue weighted by molar-refractivity contribution is 5.84. The maximum atomic E-state index is 11.9. The Kier molecular flexibility index (Phi) is 10.3. The zero-order valence-electron chi connectivity index (χ0n) is 20.8. The number of nitrogens with one attached hydrogen (secondary N) is 3. The summed E-state index contributed by atoms with van der Waals surface area (Å²) in [5.41, 5.74) is 1.42. The van der Waals surface area contributed by atoms with E-state index in [0.29, 0.717) is 5.92 Å². The van der Waals surface area contributed by atoms with Crippen molar-refractivity contribution in [2.45, 2.75) is 59.5 Å². The van der Waals surface area contributed by atoms with Crippen molar-refractivity contribution >= 4 is 17.7 Å². The number of rotatable bonds is 8. The molecule has 0 aromatic heterocycles. The molecular weight excluding hydrogens is 402 g/mol. The van der Waals surface area contributed by atoms with Crippen LogP contribution in [0.25, 0.3) is 0 Å². The highest BCUT2D eigenvalue weighted by atomic mass is 16.6. The number of aliphatic imine (C=N–C) groups is 1. The summed E-state index contributed by atoms with van der Waals surface area (Å²) >= 11 is 0. The average molecular weight is 446 g/mol. The lowest BCUT2D eigenvalue weighted by molar-refractivity contribution is 0.0636. The largest absolute Gasteiger partial charge is 0.444 e. The minimum Gasteiger partial charge on any atom is -0.444 e. The Morgan fingerprint density at radius 3 is 2.56 bits per heavy atom. The second-order valence-electron chi connectivity index (χ2n) is 10.1. The molecule has 0 saturated carbocycles. The summed E-state index contributed by atoms with van der Waals surface area (Å²) in [6.45, 7) is 15.5. The molecule has 1 saturated heterocycles. The van der Waals surface area contributed by atoms with Crippen molar-refractivity contribution in [3.05, 3.63) is 29.8 Å². The van der Waals surface area contributed by atoms with E-state index in [1.807, 2.05) is 52.1 Å². The van der Waals surface area contributed by atoms with E-state index in [1.165, 1.54) is 38.0 Å². The molecule has 1 aliphatic heterocycles. The zero-order valence-corrected chi connectivity index (χ0v) is 20.8. The number of nitrogens with zero attached hydrogens (tertiary/aromatic N) is 2. The van der Waals surface area contributed by atoms with Gasteiger partial charge in [-0.1, -0.05) is 26.0 Å². The molecular formula is C25H43N5O2. The Labute approximate surface area is 194 Å². The van der Waals surface area contributed by atoms with Gasteiger partial charge in [-0.15, -0.1) is 0 Å². The Morgan fingerprint density at radius 2 is 1.94 bits per heavy atom. The molecule has 1 aliphatic rings. The number of carbonyl (C=O) groups excluding carboxylic acids is 1.